The largest absolute Gasteiger partial charge is 0.478 e. The molecule has 104 valence electrons. The fourth-order valence-electron chi connectivity index (χ4n) is 2.66. The molecule has 5 heteroatoms. The van der Waals surface area contributed by atoms with E-state index in [1.165, 1.54) is 12.3 Å². The van der Waals surface area contributed by atoms with Gasteiger partial charge in [-0.1, -0.05) is 0 Å². The smallest absolute Gasteiger partial charge is 0.336 e. The summed E-state index contributed by atoms with van der Waals surface area (Å²) in [7, 11) is 0. The molecule has 1 aromatic heterocycles. The molecule has 4 nitrogen and oxygen atoms in total. The Morgan fingerprint density at radius 2 is 2.25 bits per heavy atom. The van der Waals surface area contributed by atoms with E-state index in [-0.39, 0.29) is 5.56 Å². The van der Waals surface area contributed by atoms with Crippen molar-refractivity contribution in [2.75, 3.05) is 18.0 Å². The van der Waals surface area contributed by atoms with Crippen LogP contribution >= 0.6 is 0 Å². The monoisotopic (exact) mass is 274 g/mol. The molecule has 0 spiro atoms. The molecule has 2 heterocycles. The number of carboxylic acid groups (broad SMARTS) is 1. The number of aromatic nitrogens is 1. The standard InChI is InChI=1S/C15H15FN2O2/c1-15(16)5-7-18(9-15)10-2-3-13-12(8-10)11(14(19)20)4-6-17-13/h2-4,6,8H,5,7,9H2,1H3,(H,19,20)/t15-/m1/s1. The quantitative estimate of drug-likeness (QED) is 0.915. The fraction of sp³-hybridized carbons (Fsp3) is 0.333. The lowest BCUT2D eigenvalue weighted by Gasteiger charge is -2.20. The summed E-state index contributed by atoms with van der Waals surface area (Å²) in [5, 5.41) is 9.81. The maximum atomic E-state index is 13.9. The third kappa shape index (κ3) is 2.19. The predicted molar refractivity (Wildman–Crippen MR) is 75.0 cm³/mol. The molecule has 1 aliphatic heterocycles. The van der Waals surface area contributed by atoms with Crippen LogP contribution in [0, 0.1) is 0 Å². The first-order chi connectivity index (χ1) is 9.46. The maximum Gasteiger partial charge on any atom is 0.336 e. The van der Waals surface area contributed by atoms with Crippen LogP contribution in [0.15, 0.2) is 30.5 Å². The second kappa shape index (κ2) is 4.44. The van der Waals surface area contributed by atoms with E-state index >= 15 is 0 Å². The maximum absolute atomic E-state index is 13.9. The molecule has 1 fully saturated rings. The number of hydrogen-bond donors (Lipinski definition) is 1. The van der Waals surface area contributed by atoms with Gasteiger partial charge in [-0.05, 0) is 31.2 Å². The lowest BCUT2D eigenvalue weighted by atomic mass is 10.1. The van der Waals surface area contributed by atoms with Gasteiger partial charge in [-0.15, -0.1) is 0 Å². The van der Waals surface area contributed by atoms with Crippen molar-refractivity contribution in [1.29, 1.82) is 0 Å². The Kier molecular flexibility index (Phi) is 2.85. The Bertz CT molecular complexity index is 685. The third-order valence-corrected chi connectivity index (χ3v) is 3.74. The molecule has 1 saturated heterocycles. The van der Waals surface area contributed by atoms with Crippen molar-refractivity contribution in [2.24, 2.45) is 0 Å². The molecular weight excluding hydrogens is 259 g/mol. The van der Waals surface area contributed by atoms with Crippen LogP contribution in [0.1, 0.15) is 23.7 Å². The molecule has 20 heavy (non-hydrogen) atoms. The molecule has 1 N–H and O–H groups in total. The van der Waals surface area contributed by atoms with E-state index in [2.05, 4.69) is 4.98 Å². The van der Waals surface area contributed by atoms with Crippen LogP contribution in [-0.2, 0) is 0 Å². The Morgan fingerprint density at radius 3 is 2.90 bits per heavy atom. The third-order valence-electron chi connectivity index (χ3n) is 3.74. The molecule has 0 amide bonds. The van der Waals surface area contributed by atoms with Crippen molar-refractivity contribution in [3.8, 4) is 0 Å². The summed E-state index contributed by atoms with van der Waals surface area (Å²) in [5.41, 5.74) is 0.517. The van der Waals surface area contributed by atoms with Crippen LogP contribution in [0.3, 0.4) is 0 Å². The summed E-state index contributed by atoms with van der Waals surface area (Å²) < 4.78 is 13.9. The first-order valence-electron chi connectivity index (χ1n) is 6.52. The van der Waals surface area contributed by atoms with Gasteiger partial charge in [0.2, 0.25) is 0 Å². The van der Waals surface area contributed by atoms with Gasteiger partial charge < -0.3 is 10.0 Å². The molecule has 0 unspecified atom stereocenters. The van der Waals surface area contributed by atoms with Crippen molar-refractivity contribution < 1.29 is 14.3 Å². The Hall–Kier alpha value is -2.17. The van der Waals surface area contributed by atoms with Crippen molar-refractivity contribution in [3.63, 3.8) is 0 Å². The normalized spacial score (nSPS) is 22.4. The first-order valence-corrected chi connectivity index (χ1v) is 6.52. The van der Waals surface area contributed by atoms with Crippen LogP contribution < -0.4 is 4.90 Å². The highest BCUT2D eigenvalue weighted by Crippen LogP contribution is 2.31. The second-order valence-corrected chi connectivity index (χ2v) is 5.45. The van der Waals surface area contributed by atoms with E-state index in [9.17, 15) is 14.3 Å². The van der Waals surface area contributed by atoms with E-state index in [4.69, 9.17) is 0 Å². The van der Waals surface area contributed by atoms with E-state index in [1.54, 1.807) is 19.1 Å². The van der Waals surface area contributed by atoms with Crippen molar-refractivity contribution >= 4 is 22.6 Å². The van der Waals surface area contributed by atoms with Gasteiger partial charge in [0, 0.05) is 30.2 Å². The molecule has 0 aliphatic carbocycles. The zero-order valence-electron chi connectivity index (χ0n) is 11.1. The van der Waals surface area contributed by atoms with E-state index in [1.807, 2.05) is 11.0 Å². The Balaban J connectivity index is 2.06. The lowest BCUT2D eigenvalue weighted by molar-refractivity contribution is 0.0699. The number of hydrogen-bond acceptors (Lipinski definition) is 3. The molecule has 0 bridgehead atoms. The fourth-order valence-corrected chi connectivity index (χ4v) is 2.66. The van der Waals surface area contributed by atoms with Crippen LogP contribution in [0.2, 0.25) is 0 Å². The zero-order valence-corrected chi connectivity index (χ0v) is 11.1. The van der Waals surface area contributed by atoms with Gasteiger partial charge in [0.25, 0.3) is 0 Å². The summed E-state index contributed by atoms with van der Waals surface area (Å²) in [5.74, 6) is -0.980. The average molecular weight is 274 g/mol. The van der Waals surface area contributed by atoms with Gasteiger partial charge in [0.05, 0.1) is 17.6 Å². The molecule has 1 aliphatic rings. The second-order valence-electron chi connectivity index (χ2n) is 5.45. The minimum Gasteiger partial charge on any atom is -0.478 e. The van der Waals surface area contributed by atoms with Gasteiger partial charge in [-0.25, -0.2) is 9.18 Å². The van der Waals surface area contributed by atoms with Crippen molar-refractivity contribution in [3.05, 3.63) is 36.0 Å². The molecule has 1 aromatic carbocycles. The number of pyridine rings is 1. The molecule has 0 saturated carbocycles. The molecule has 0 radical (unpaired) electrons. The molecule has 1 atom stereocenters. The highest BCUT2D eigenvalue weighted by molar-refractivity contribution is 6.03. The molecule has 2 aromatic rings. The molecular formula is C15H15FN2O2. The van der Waals surface area contributed by atoms with E-state index in [0.29, 0.717) is 30.4 Å². The average Bonchev–Trinajstić information content (AvgIpc) is 2.77. The van der Waals surface area contributed by atoms with Crippen LogP contribution in [0.5, 0.6) is 0 Å². The van der Waals surface area contributed by atoms with Crippen molar-refractivity contribution in [1.82, 2.24) is 4.98 Å². The minimum absolute atomic E-state index is 0.221. The number of carbonyl (C=O) groups is 1. The van der Waals surface area contributed by atoms with Gasteiger partial charge in [-0.2, -0.15) is 0 Å². The van der Waals surface area contributed by atoms with Gasteiger partial charge >= 0.3 is 5.97 Å². The number of rotatable bonds is 2. The van der Waals surface area contributed by atoms with Crippen LogP contribution in [0.4, 0.5) is 10.1 Å². The summed E-state index contributed by atoms with van der Waals surface area (Å²) in [4.78, 5) is 17.4. The number of nitrogens with zero attached hydrogens (tertiary/aromatic N) is 2. The summed E-state index contributed by atoms with van der Waals surface area (Å²) in [6.45, 7) is 2.57. The van der Waals surface area contributed by atoms with Crippen molar-refractivity contribution in [2.45, 2.75) is 19.0 Å². The van der Waals surface area contributed by atoms with Gasteiger partial charge in [-0.3, -0.25) is 4.98 Å². The summed E-state index contributed by atoms with van der Waals surface area (Å²) in [6.07, 6.45) is 1.98. The van der Waals surface area contributed by atoms with E-state index < -0.39 is 11.6 Å². The number of halogens is 1. The summed E-state index contributed by atoms with van der Waals surface area (Å²) in [6, 6.07) is 6.91. The minimum atomic E-state index is -1.18. The lowest BCUT2D eigenvalue weighted by Crippen LogP contribution is -2.25. The van der Waals surface area contributed by atoms with Gasteiger partial charge in [0.1, 0.15) is 5.67 Å². The Morgan fingerprint density at radius 1 is 1.45 bits per heavy atom. The topological polar surface area (TPSA) is 53.4 Å². The number of aromatic carboxylic acids is 1. The zero-order chi connectivity index (χ0) is 14.3. The number of fused-ring (bicyclic) bond motifs is 1. The molecule has 3 rings (SSSR count). The van der Waals surface area contributed by atoms with Crippen LogP contribution in [-0.4, -0.2) is 34.8 Å². The highest BCUT2D eigenvalue weighted by Gasteiger charge is 2.33. The number of carboxylic acids is 1. The van der Waals surface area contributed by atoms with Crippen LogP contribution in [0.25, 0.3) is 10.9 Å². The number of benzene rings is 1. The highest BCUT2D eigenvalue weighted by atomic mass is 19.1. The Labute approximate surface area is 115 Å². The van der Waals surface area contributed by atoms with Gasteiger partial charge in [0.15, 0.2) is 0 Å². The SMILES string of the molecule is C[C@@]1(F)CCN(c2ccc3nccc(C(=O)O)c3c2)C1. The van der Waals surface area contributed by atoms with E-state index in [0.717, 1.165) is 5.69 Å². The number of alkyl halides is 1. The number of anilines is 1. The predicted octanol–water partition coefficient (Wildman–Crippen LogP) is 2.87. The first kappa shape index (κ1) is 12.8. The summed E-state index contributed by atoms with van der Waals surface area (Å²) >= 11 is 0.